The van der Waals surface area contributed by atoms with Crippen molar-refractivity contribution in [2.75, 3.05) is 19.6 Å². The van der Waals surface area contributed by atoms with Crippen molar-refractivity contribution in [1.82, 2.24) is 15.5 Å². The van der Waals surface area contributed by atoms with E-state index in [4.69, 9.17) is 0 Å². The number of nitrogens with one attached hydrogen (secondary N) is 2. The lowest BCUT2D eigenvalue weighted by molar-refractivity contribution is -0.126. The molecule has 0 spiro atoms. The molecule has 0 aromatic heterocycles. The molecule has 108 valence electrons. The van der Waals surface area contributed by atoms with Crippen LogP contribution < -0.4 is 10.6 Å². The third kappa shape index (κ3) is 4.40. The summed E-state index contributed by atoms with van der Waals surface area (Å²) in [7, 11) is 0. The second kappa shape index (κ2) is 6.26. The van der Waals surface area contributed by atoms with Crippen molar-refractivity contribution in [2.24, 2.45) is 11.8 Å². The number of rotatable bonds is 4. The molecule has 0 unspecified atom stereocenters. The van der Waals surface area contributed by atoms with Crippen LogP contribution in [0.4, 0.5) is 4.79 Å². The van der Waals surface area contributed by atoms with Crippen LogP contribution in [0, 0.1) is 11.8 Å². The monoisotopic (exact) mass is 267 g/mol. The maximum absolute atomic E-state index is 11.9. The van der Waals surface area contributed by atoms with Crippen molar-refractivity contribution in [2.45, 2.75) is 45.6 Å². The average Bonchev–Trinajstić information content (AvgIpc) is 3.20. The average molecular weight is 267 g/mol. The van der Waals surface area contributed by atoms with E-state index in [-0.39, 0.29) is 17.9 Å². The lowest BCUT2D eigenvalue weighted by Crippen LogP contribution is -2.47. The van der Waals surface area contributed by atoms with Crippen molar-refractivity contribution in [1.29, 1.82) is 0 Å². The lowest BCUT2D eigenvalue weighted by atomic mass is 9.96. The van der Waals surface area contributed by atoms with Crippen LogP contribution in [0.15, 0.2) is 0 Å². The summed E-state index contributed by atoms with van der Waals surface area (Å²) < 4.78 is 0. The van der Waals surface area contributed by atoms with Gasteiger partial charge in [-0.25, -0.2) is 4.79 Å². The molecule has 0 aromatic carbocycles. The molecule has 2 rings (SSSR count). The smallest absolute Gasteiger partial charge is 0.317 e. The minimum atomic E-state index is 0.0449. The quantitative estimate of drug-likeness (QED) is 0.807. The Morgan fingerprint density at radius 2 is 1.79 bits per heavy atom. The highest BCUT2D eigenvalue weighted by Gasteiger charge is 2.30. The highest BCUT2D eigenvalue weighted by molar-refractivity contribution is 5.79. The van der Waals surface area contributed by atoms with Gasteiger partial charge in [-0.1, -0.05) is 13.8 Å². The molecule has 19 heavy (non-hydrogen) atoms. The number of nitrogens with zero attached hydrogens (tertiary/aromatic N) is 1. The largest absolute Gasteiger partial charge is 0.356 e. The minimum Gasteiger partial charge on any atom is -0.356 e. The molecule has 0 bridgehead atoms. The third-order valence-corrected chi connectivity index (χ3v) is 3.74. The Bertz CT molecular complexity index is 332. The van der Waals surface area contributed by atoms with Crippen molar-refractivity contribution in [3.63, 3.8) is 0 Å². The van der Waals surface area contributed by atoms with E-state index in [0.717, 1.165) is 32.2 Å². The first-order chi connectivity index (χ1) is 9.06. The molecule has 1 aliphatic heterocycles. The van der Waals surface area contributed by atoms with Crippen molar-refractivity contribution in [3.05, 3.63) is 0 Å². The van der Waals surface area contributed by atoms with Crippen LogP contribution in [0.2, 0.25) is 0 Å². The summed E-state index contributed by atoms with van der Waals surface area (Å²) in [5.74, 6) is 0.702. The molecule has 2 fully saturated rings. The molecule has 0 radical (unpaired) electrons. The molecule has 1 aliphatic carbocycles. The fourth-order valence-corrected chi connectivity index (χ4v) is 2.29. The van der Waals surface area contributed by atoms with Crippen LogP contribution in [0.5, 0.6) is 0 Å². The van der Waals surface area contributed by atoms with Gasteiger partial charge in [0.15, 0.2) is 0 Å². The van der Waals surface area contributed by atoms with Gasteiger partial charge in [0, 0.05) is 31.6 Å². The van der Waals surface area contributed by atoms with Gasteiger partial charge in [0.1, 0.15) is 0 Å². The van der Waals surface area contributed by atoms with Gasteiger partial charge in [0.2, 0.25) is 5.91 Å². The van der Waals surface area contributed by atoms with E-state index in [1.54, 1.807) is 0 Å². The van der Waals surface area contributed by atoms with Crippen molar-refractivity contribution >= 4 is 11.9 Å². The van der Waals surface area contributed by atoms with Gasteiger partial charge in [-0.05, 0) is 31.6 Å². The van der Waals surface area contributed by atoms with Crippen molar-refractivity contribution < 1.29 is 9.59 Å². The predicted molar refractivity (Wildman–Crippen MR) is 73.7 cm³/mol. The summed E-state index contributed by atoms with van der Waals surface area (Å²) in [4.78, 5) is 25.6. The van der Waals surface area contributed by atoms with Crippen molar-refractivity contribution in [3.8, 4) is 0 Å². The van der Waals surface area contributed by atoms with Gasteiger partial charge in [0.25, 0.3) is 0 Å². The van der Waals surface area contributed by atoms with E-state index < -0.39 is 0 Å². The first-order valence-corrected chi connectivity index (χ1v) is 7.39. The fraction of sp³-hybridized carbons (Fsp3) is 0.857. The summed E-state index contributed by atoms with van der Waals surface area (Å²) in [6.45, 7) is 6.30. The van der Waals surface area contributed by atoms with E-state index in [0.29, 0.717) is 25.0 Å². The number of carbonyl (C=O) groups excluding carboxylic acids is 2. The maximum Gasteiger partial charge on any atom is 0.317 e. The zero-order valence-corrected chi connectivity index (χ0v) is 11.9. The molecule has 5 heteroatoms. The Morgan fingerprint density at radius 3 is 2.32 bits per heavy atom. The Hall–Kier alpha value is -1.26. The number of piperidine rings is 1. The number of likely N-dealkylation sites (tertiary alicyclic amines) is 1. The van der Waals surface area contributed by atoms with E-state index in [1.165, 1.54) is 0 Å². The van der Waals surface area contributed by atoms with Crippen LogP contribution in [0.3, 0.4) is 0 Å². The molecule has 5 nitrogen and oxygen atoms in total. The SMILES string of the molecule is CC(C)CNC(=O)C1CCN(C(=O)NC2CC2)CC1. The second-order valence-corrected chi connectivity index (χ2v) is 6.12. The molecule has 1 saturated carbocycles. The van der Waals surface area contributed by atoms with E-state index in [1.807, 2.05) is 4.90 Å². The molecule has 1 saturated heterocycles. The van der Waals surface area contributed by atoms with Crippen LogP contribution in [0.1, 0.15) is 39.5 Å². The number of urea groups is 1. The highest BCUT2D eigenvalue weighted by Crippen LogP contribution is 2.21. The Balaban J connectivity index is 1.69. The summed E-state index contributed by atoms with van der Waals surface area (Å²) in [6.07, 6.45) is 3.78. The standard InChI is InChI=1S/C14H25N3O2/c1-10(2)9-15-13(18)11-5-7-17(8-6-11)14(19)16-12-3-4-12/h10-12H,3-9H2,1-2H3,(H,15,18)(H,16,19). The molecular weight excluding hydrogens is 242 g/mol. The number of hydrogen-bond acceptors (Lipinski definition) is 2. The Kier molecular flexibility index (Phi) is 4.66. The molecule has 3 amide bonds. The first kappa shape index (κ1) is 14.2. The lowest BCUT2D eigenvalue weighted by Gasteiger charge is -2.31. The molecule has 2 N–H and O–H groups in total. The zero-order chi connectivity index (χ0) is 13.8. The zero-order valence-electron chi connectivity index (χ0n) is 11.9. The fourth-order valence-electron chi connectivity index (χ4n) is 2.29. The number of carbonyl (C=O) groups is 2. The summed E-state index contributed by atoms with van der Waals surface area (Å²) in [5.41, 5.74) is 0. The Morgan fingerprint density at radius 1 is 1.16 bits per heavy atom. The molecule has 0 atom stereocenters. The molecule has 0 aromatic rings. The minimum absolute atomic E-state index is 0.0449. The van der Waals surface area contributed by atoms with E-state index in [2.05, 4.69) is 24.5 Å². The van der Waals surface area contributed by atoms with E-state index in [9.17, 15) is 9.59 Å². The third-order valence-electron chi connectivity index (χ3n) is 3.74. The first-order valence-electron chi connectivity index (χ1n) is 7.39. The maximum atomic E-state index is 11.9. The van der Waals surface area contributed by atoms with Gasteiger partial charge >= 0.3 is 6.03 Å². The number of amides is 3. The number of hydrogen-bond donors (Lipinski definition) is 2. The van der Waals surface area contributed by atoms with Crippen LogP contribution in [0.25, 0.3) is 0 Å². The topological polar surface area (TPSA) is 61.4 Å². The second-order valence-electron chi connectivity index (χ2n) is 6.12. The molecule has 2 aliphatic rings. The van der Waals surface area contributed by atoms with Gasteiger partial charge in [-0.3, -0.25) is 4.79 Å². The van der Waals surface area contributed by atoms with E-state index >= 15 is 0 Å². The summed E-state index contributed by atoms with van der Waals surface area (Å²) in [5, 5.41) is 5.97. The Labute approximate surface area is 115 Å². The molecular formula is C14H25N3O2. The van der Waals surface area contributed by atoms with Crippen LogP contribution in [-0.4, -0.2) is 42.5 Å². The van der Waals surface area contributed by atoms with Gasteiger partial charge in [-0.2, -0.15) is 0 Å². The summed E-state index contributed by atoms with van der Waals surface area (Å²) >= 11 is 0. The van der Waals surface area contributed by atoms with Gasteiger partial charge < -0.3 is 15.5 Å². The highest BCUT2D eigenvalue weighted by atomic mass is 16.2. The predicted octanol–water partition coefficient (Wildman–Crippen LogP) is 1.34. The summed E-state index contributed by atoms with van der Waals surface area (Å²) in [6, 6.07) is 0.447. The van der Waals surface area contributed by atoms with Gasteiger partial charge in [0.05, 0.1) is 0 Å². The van der Waals surface area contributed by atoms with Crippen LogP contribution >= 0.6 is 0 Å². The molecule has 1 heterocycles. The van der Waals surface area contributed by atoms with Crippen LogP contribution in [-0.2, 0) is 4.79 Å². The van der Waals surface area contributed by atoms with Gasteiger partial charge in [-0.15, -0.1) is 0 Å². The normalized spacial score (nSPS) is 20.5.